The van der Waals surface area contributed by atoms with Crippen LogP contribution < -0.4 is 5.32 Å². The van der Waals surface area contributed by atoms with E-state index in [2.05, 4.69) is 17.3 Å². The van der Waals surface area contributed by atoms with Crippen molar-refractivity contribution >= 4 is 29.1 Å². The van der Waals surface area contributed by atoms with Crippen LogP contribution in [0.3, 0.4) is 0 Å². The van der Waals surface area contributed by atoms with E-state index < -0.39 is 35.5 Å². The molecule has 1 atom stereocenters. The number of benzene rings is 2. The average Bonchev–Trinajstić information content (AvgIpc) is 3.58. The van der Waals surface area contributed by atoms with E-state index in [0.717, 1.165) is 45.5 Å². The lowest BCUT2D eigenvalue weighted by atomic mass is 9.99. The molecule has 1 N–H and O–H groups in total. The van der Waals surface area contributed by atoms with E-state index in [1.807, 2.05) is 20.2 Å². The summed E-state index contributed by atoms with van der Waals surface area (Å²) in [6.45, 7) is 3.68. The molecule has 0 spiro atoms. The minimum Gasteiger partial charge on any atom is -0.346 e. The molecule has 0 aliphatic carbocycles. The Bertz CT molecular complexity index is 1640. The number of halogens is 3. The predicted molar refractivity (Wildman–Crippen MR) is 153 cm³/mol. The number of amides is 3. The van der Waals surface area contributed by atoms with Crippen LogP contribution in [0.4, 0.5) is 13.2 Å². The van der Waals surface area contributed by atoms with Crippen LogP contribution in [-0.2, 0) is 26.1 Å². The van der Waals surface area contributed by atoms with Gasteiger partial charge in [-0.1, -0.05) is 43.7 Å². The van der Waals surface area contributed by atoms with Crippen LogP contribution >= 0.6 is 11.3 Å². The first-order valence-electron chi connectivity index (χ1n) is 13.5. The number of alkyl halides is 3. The number of thiophene rings is 1. The number of rotatable bonds is 9. The fourth-order valence-electron chi connectivity index (χ4n) is 5.40. The summed E-state index contributed by atoms with van der Waals surface area (Å²) >= 11 is 1.26. The van der Waals surface area contributed by atoms with Crippen molar-refractivity contribution in [3.8, 4) is 11.3 Å². The van der Waals surface area contributed by atoms with Crippen molar-refractivity contribution in [2.45, 2.75) is 45.3 Å². The van der Waals surface area contributed by atoms with Gasteiger partial charge in [0.15, 0.2) is 0 Å². The third-order valence-electron chi connectivity index (χ3n) is 7.34. The lowest BCUT2D eigenvalue weighted by molar-refractivity contribution is -0.138. The van der Waals surface area contributed by atoms with Crippen LogP contribution in [0.5, 0.6) is 0 Å². The Morgan fingerprint density at radius 3 is 2.29 bits per heavy atom. The lowest BCUT2D eigenvalue weighted by Gasteiger charge is -2.25. The van der Waals surface area contributed by atoms with Crippen molar-refractivity contribution in [2.24, 2.45) is 7.05 Å². The third kappa shape index (κ3) is 5.61. The summed E-state index contributed by atoms with van der Waals surface area (Å²) in [6.07, 6.45) is -1.30. The molecule has 0 fully saturated rings. The van der Waals surface area contributed by atoms with Gasteiger partial charge < -0.3 is 5.32 Å². The second-order valence-corrected chi connectivity index (χ2v) is 11.5. The molecule has 3 heterocycles. The number of nitrogens with one attached hydrogen (secondary N) is 1. The number of carbonyl (C=O) groups excluding carboxylic acids is 3. The zero-order chi connectivity index (χ0) is 30.2. The molecule has 11 heteroatoms. The number of aromatic nitrogens is 2. The van der Waals surface area contributed by atoms with Crippen LogP contribution in [0.25, 0.3) is 11.3 Å². The van der Waals surface area contributed by atoms with E-state index >= 15 is 0 Å². The Hall–Kier alpha value is -4.25. The summed E-state index contributed by atoms with van der Waals surface area (Å²) in [7, 11) is 1.83. The zero-order valence-electron chi connectivity index (χ0n) is 23.3. The molecule has 0 saturated heterocycles. The average molecular weight is 595 g/mol. The van der Waals surface area contributed by atoms with E-state index in [1.54, 1.807) is 22.9 Å². The molecule has 42 heavy (non-hydrogen) atoms. The van der Waals surface area contributed by atoms with Gasteiger partial charge in [-0.3, -0.25) is 24.0 Å². The first-order chi connectivity index (χ1) is 20.0. The van der Waals surface area contributed by atoms with Crippen molar-refractivity contribution in [1.82, 2.24) is 20.0 Å². The van der Waals surface area contributed by atoms with Gasteiger partial charge in [-0.05, 0) is 55.2 Å². The van der Waals surface area contributed by atoms with Crippen LogP contribution in [-0.4, -0.2) is 45.0 Å². The number of hydrogen-bond donors (Lipinski definition) is 1. The molecule has 7 nitrogen and oxygen atoms in total. The minimum absolute atomic E-state index is 0.0472. The van der Waals surface area contributed by atoms with Crippen molar-refractivity contribution in [3.05, 3.63) is 98.4 Å². The SMILES string of the molecule is CCCc1cnn(C)c1-c1cc(C(=O)NC(Cc2ccccc2C(F)(F)F)CN2C(=O)c3ccccc3C2=O)sc1C. The highest BCUT2D eigenvalue weighted by Gasteiger charge is 2.38. The number of fused-ring (bicyclic) bond motifs is 1. The molecular weight excluding hydrogens is 565 g/mol. The number of carbonyl (C=O) groups is 3. The summed E-state index contributed by atoms with van der Waals surface area (Å²) in [5.41, 5.74) is 2.38. The molecule has 2 aromatic carbocycles. The van der Waals surface area contributed by atoms with Gasteiger partial charge >= 0.3 is 6.18 Å². The third-order valence-corrected chi connectivity index (χ3v) is 8.39. The van der Waals surface area contributed by atoms with Crippen molar-refractivity contribution in [1.29, 1.82) is 0 Å². The molecule has 3 amide bonds. The molecule has 1 unspecified atom stereocenters. The van der Waals surface area contributed by atoms with Gasteiger partial charge in [0.05, 0.1) is 39.5 Å². The molecule has 0 saturated carbocycles. The van der Waals surface area contributed by atoms with Gasteiger partial charge in [-0.15, -0.1) is 11.3 Å². The summed E-state index contributed by atoms with van der Waals surface area (Å²) in [6, 6.07) is 12.2. The molecule has 1 aliphatic rings. The molecule has 0 radical (unpaired) electrons. The molecule has 218 valence electrons. The summed E-state index contributed by atoms with van der Waals surface area (Å²) in [5.74, 6) is -1.60. The van der Waals surface area contributed by atoms with Crippen molar-refractivity contribution in [2.75, 3.05) is 6.54 Å². The quantitative estimate of drug-likeness (QED) is 0.239. The van der Waals surface area contributed by atoms with E-state index in [-0.39, 0.29) is 29.7 Å². The number of aryl methyl sites for hydroxylation is 3. The van der Waals surface area contributed by atoms with E-state index in [9.17, 15) is 27.6 Å². The van der Waals surface area contributed by atoms with E-state index in [0.29, 0.717) is 4.88 Å². The van der Waals surface area contributed by atoms with Gasteiger partial charge in [0, 0.05) is 24.0 Å². The summed E-state index contributed by atoms with van der Waals surface area (Å²) < 4.78 is 43.2. The molecule has 1 aliphatic heterocycles. The maximum absolute atomic E-state index is 13.8. The highest BCUT2D eigenvalue weighted by atomic mass is 32.1. The fraction of sp³-hybridized carbons (Fsp3) is 0.290. The summed E-state index contributed by atoms with van der Waals surface area (Å²) in [5, 5.41) is 7.21. The number of nitrogens with zero attached hydrogens (tertiary/aromatic N) is 3. The van der Waals surface area contributed by atoms with Gasteiger partial charge in [0.1, 0.15) is 0 Å². The largest absolute Gasteiger partial charge is 0.416 e. The van der Waals surface area contributed by atoms with Crippen LogP contribution in [0.2, 0.25) is 0 Å². The van der Waals surface area contributed by atoms with Crippen LogP contribution in [0, 0.1) is 6.92 Å². The number of imide groups is 1. The second kappa shape index (κ2) is 11.6. The fourth-order valence-corrected chi connectivity index (χ4v) is 6.32. The summed E-state index contributed by atoms with van der Waals surface area (Å²) in [4.78, 5) is 42.0. The molecule has 0 bridgehead atoms. The zero-order valence-corrected chi connectivity index (χ0v) is 24.1. The minimum atomic E-state index is -4.61. The first-order valence-corrected chi connectivity index (χ1v) is 14.3. The maximum atomic E-state index is 13.8. The predicted octanol–water partition coefficient (Wildman–Crippen LogP) is 6.07. The molecular formula is C31H29F3N4O3S. The lowest BCUT2D eigenvalue weighted by Crippen LogP contribution is -2.47. The van der Waals surface area contributed by atoms with Crippen LogP contribution in [0.1, 0.15) is 65.3 Å². The van der Waals surface area contributed by atoms with Gasteiger partial charge in [-0.2, -0.15) is 18.3 Å². The number of hydrogen-bond acceptors (Lipinski definition) is 5. The smallest absolute Gasteiger partial charge is 0.346 e. The normalized spacial score (nSPS) is 13.9. The maximum Gasteiger partial charge on any atom is 0.416 e. The first kappa shape index (κ1) is 29.2. The highest BCUT2D eigenvalue weighted by Crippen LogP contribution is 2.35. The van der Waals surface area contributed by atoms with Gasteiger partial charge in [0.2, 0.25) is 0 Å². The Morgan fingerprint density at radius 2 is 1.64 bits per heavy atom. The standard InChI is InChI=1S/C31H29F3N4O3S/c1-4-9-20-16-35-37(3)27(20)24-15-26(42-18(24)2)28(39)36-21(14-19-10-5-8-13-25(19)31(32,33)34)17-38-29(40)22-11-6-7-12-23(22)30(38)41/h5-8,10-13,15-16,21H,4,9,14,17H2,1-3H3,(H,36,39). The second-order valence-electron chi connectivity index (χ2n) is 10.3. The Kier molecular flexibility index (Phi) is 8.05. The monoisotopic (exact) mass is 594 g/mol. The Morgan fingerprint density at radius 1 is 1.00 bits per heavy atom. The molecule has 4 aromatic rings. The van der Waals surface area contributed by atoms with E-state index in [1.165, 1.54) is 41.7 Å². The molecule has 5 rings (SSSR count). The highest BCUT2D eigenvalue weighted by molar-refractivity contribution is 7.14. The van der Waals surface area contributed by atoms with Gasteiger partial charge in [-0.25, -0.2) is 0 Å². The van der Waals surface area contributed by atoms with Crippen molar-refractivity contribution < 1.29 is 27.6 Å². The van der Waals surface area contributed by atoms with Crippen LogP contribution in [0.15, 0.2) is 60.8 Å². The van der Waals surface area contributed by atoms with Crippen molar-refractivity contribution in [3.63, 3.8) is 0 Å². The van der Waals surface area contributed by atoms with Gasteiger partial charge in [0.25, 0.3) is 17.7 Å². The molecule has 2 aromatic heterocycles. The topological polar surface area (TPSA) is 84.3 Å². The van der Waals surface area contributed by atoms with E-state index in [4.69, 9.17) is 0 Å². The Labute approximate surface area is 245 Å². The Balaban J connectivity index is 1.46.